The highest BCUT2D eigenvalue weighted by Crippen LogP contribution is 2.12. The first-order chi connectivity index (χ1) is 12.6. The van der Waals surface area contributed by atoms with Crippen molar-refractivity contribution in [2.75, 3.05) is 32.7 Å². The molecule has 1 aliphatic heterocycles. The maximum absolute atomic E-state index is 13.6. The SMILES string of the molecule is CC(C)(C)OC(=O)N1CCN(C(=O)CNC(=O)c2ccc(F)cc2F)CC1. The second-order valence-corrected chi connectivity index (χ2v) is 7.16. The van der Waals surface area contributed by atoms with Gasteiger partial charge in [0.05, 0.1) is 12.1 Å². The fourth-order valence-electron chi connectivity index (χ4n) is 2.50. The van der Waals surface area contributed by atoms with Crippen LogP contribution in [0.25, 0.3) is 0 Å². The van der Waals surface area contributed by atoms with Crippen LogP contribution in [0.4, 0.5) is 13.6 Å². The topological polar surface area (TPSA) is 79.0 Å². The number of carbonyl (C=O) groups excluding carboxylic acids is 3. The van der Waals surface area contributed by atoms with Crippen LogP contribution in [0.15, 0.2) is 18.2 Å². The van der Waals surface area contributed by atoms with Gasteiger partial charge in [-0.2, -0.15) is 0 Å². The van der Waals surface area contributed by atoms with E-state index in [0.717, 1.165) is 12.1 Å². The third kappa shape index (κ3) is 5.90. The van der Waals surface area contributed by atoms with Gasteiger partial charge in [-0.1, -0.05) is 0 Å². The predicted octanol–water partition coefficient (Wildman–Crippen LogP) is 1.77. The summed E-state index contributed by atoms with van der Waals surface area (Å²) in [5.41, 5.74) is -0.928. The number of ether oxygens (including phenoxy) is 1. The molecule has 1 N–H and O–H groups in total. The molecular weight excluding hydrogens is 360 g/mol. The molecule has 1 saturated heterocycles. The molecule has 0 spiro atoms. The van der Waals surface area contributed by atoms with Crippen molar-refractivity contribution in [3.8, 4) is 0 Å². The second-order valence-electron chi connectivity index (χ2n) is 7.16. The van der Waals surface area contributed by atoms with E-state index in [1.807, 2.05) is 0 Å². The van der Waals surface area contributed by atoms with Gasteiger partial charge in [0.25, 0.3) is 5.91 Å². The van der Waals surface area contributed by atoms with Crippen molar-refractivity contribution in [2.24, 2.45) is 0 Å². The summed E-state index contributed by atoms with van der Waals surface area (Å²) in [6, 6.07) is 2.59. The van der Waals surface area contributed by atoms with Gasteiger partial charge >= 0.3 is 6.09 Å². The highest BCUT2D eigenvalue weighted by atomic mass is 19.1. The van der Waals surface area contributed by atoms with Gasteiger partial charge in [-0.25, -0.2) is 13.6 Å². The van der Waals surface area contributed by atoms with Crippen LogP contribution in [0.3, 0.4) is 0 Å². The van der Waals surface area contributed by atoms with E-state index in [4.69, 9.17) is 4.74 Å². The van der Waals surface area contributed by atoms with Crippen LogP contribution in [0.2, 0.25) is 0 Å². The van der Waals surface area contributed by atoms with Gasteiger partial charge in [-0.15, -0.1) is 0 Å². The van der Waals surface area contributed by atoms with Crippen LogP contribution < -0.4 is 5.32 Å². The van der Waals surface area contributed by atoms with Crippen molar-refractivity contribution < 1.29 is 27.9 Å². The Labute approximate surface area is 156 Å². The molecule has 1 fully saturated rings. The van der Waals surface area contributed by atoms with Crippen molar-refractivity contribution in [1.29, 1.82) is 0 Å². The Hall–Kier alpha value is -2.71. The second kappa shape index (κ2) is 8.32. The number of carbonyl (C=O) groups is 3. The number of rotatable bonds is 3. The van der Waals surface area contributed by atoms with Crippen molar-refractivity contribution in [3.05, 3.63) is 35.4 Å². The fraction of sp³-hybridized carbons (Fsp3) is 0.500. The molecule has 1 aromatic rings. The molecule has 0 aromatic heterocycles. The number of hydrogen-bond donors (Lipinski definition) is 1. The van der Waals surface area contributed by atoms with E-state index in [9.17, 15) is 23.2 Å². The van der Waals surface area contributed by atoms with Crippen LogP contribution >= 0.6 is 0 Å². The monoisotopic (exact) mass is 383 g/mol. The van der Waals surface area contributed by atoms with Crippen LogP contribution in [-0.4, -0.2) is 66.0 Å². The lowest BCUT2D eigenvalue weighted by atomic mass is 10.2. The number of halogens is 2. The lowest BCUT2D eigenvalue weighted by Crippen LogP contribution is -2.53. The van der Waals surface area contributed by atoms with Crippen LogP contribution in [0.5, 0.6) is 0 Å². The van der Waals surface area contributed by atoms with Crippen molar-refractivity contribution in [1.82, 2.24) is 15.1 Å². The first-order valence-electron chi connectivity index (χ1n) is 8.56. The van der Waals surface area contributed by atoms with E-state index in [0.29, 0.717) is 32.2 Å². The van der Waals surface area contributed by atoms with Crippen molar-refractivity contribution >= 4 is 17.9 Å². The van der Waals surface area contributed by atoms with Crippen LogP contribution in [0.1, 0.15) is 31.1 Å². The Bertz CT molecular complexity index is 726. The Kier molecular flexibility index (Phi) is 6.35. The number of amides is 3. The maximum atomic E-state index is 13.6. The number of piperazine rings is 1. The Balaban J connectivity index is 1.81. The highest BCUT2D eigenvalue weighted by molar-refractivity contribution is 5.96. The zero-order chi connectivity index (χ0) is 20.2. The molecule has 1 heterocycles. The smallest absolute Gasteiger partial charge is 0.410 e. The van der Waals surface area contributed by atoms with E-state index in [-0.39, 0.29) is 18.0 Å². The fourth-order valence-corrected chi connectivity index (χ4v) is 2.50. The van der Waals surface area contributed by atoms with Gasteiger partial charge < -0.3 is 19.9 Å². The lowest BCUT2D eigenvalue weighted by molar-refractivity contribution is -0.131. The van der Waals surface area contributed by atoms with Gasteiger partial charge in [0.2, 0.25) is 5.91 Å². The molecule has 27 heavy (non-hydrogen) atoms. The molecule has 0 saturated carbocycles. The maximum Gasteiger partial charge on any atom is 0.410 e. The van der Waals surface area contributed by atoms with Crippen LogP contribution in [-0.2, 0) is 9.53 Å². The molecule has 1 aliphatic rings. The minimum absolute atomic E-state index is 0.304. The molecule has 0 bridgehead atoms. The zero-order valence-electron chi connectivity index (χ0n) is 15.6. The molecule has 0 aliphatic carbocycles. The molecule has 1 aromatic carbocycles. The minimum atomic E-state index is -0.995. The quantitative estimate of drug-likeness (QED) is 0.863. The van der Waals surface area contributed by atoms with Gasteiger partial charge in [-0.3, -0.25) is 9.59 Å². The largest absolute Gasteiger partial charge is 0.444 e. The molecule has 3 amide bonds. The molecule has 7 nitrogen and oxygen atoms in total. The molecule has 2 rings (SSSR count). The normalized spacial score (nSPS) is 14.7. The average molecular weight is 383 g/mol. The summed E-state index contributed by atoms with van der Waals surface area (Å²) in [4.78, 5) is 39.1. The van der Waals surface area contributed by atoms with E-state index < -0.39 is 29.2 Å². The Morgan fingerprint density at radius 3 is 2.22 bits per heavy atom. The van der Waals surface area contributed by atoms with E-state index in [1.165, 1.54) is 9.80 Å². The molecule has 0 atom stereocenters. The molecule has 9 heteroatoms. The number of benzene rings is 1. The molecule has 148 valence electrons. The number of nitrogens with zero attached hydrogens (tertiary/aromatic N) is 2. The first kappa shape index (κ1) is 20.6. The Morgan fingerprint density at radius 2 is 1.67 bits per heavy atom. The van der Waals surface area contributed by atoms with Gasteiger partial charge in [0, 0.05) is 32.2 Å². The van der Waals surface area contributed by atoms with Gasteiger partial charge in [0.1, 0.15) is 17.2 Å². The molecule has 0 radical (unpaired) electrons. The summed E-state index contributed by atoms with van der Waals surface area (Å²) in [6.07, 6.45) is -0.435. The molecule has 0 unspecified atom stereocenters. The summed E-state index contributed by atoms with van der Waals surface area (Å²) >= 11 is 0. The van der Waals surface area contributed by atoms with Crippen LogP contribution in [0, 0.1) is 11.6 Å². The van der Waals surface area contributed by atoms with E-state index in [2.05, 4.69) is 5.32 Å². The summed E-state index contributed by atoms with van der Waals surface area (Å²) in [5, 5.41) is 2.32. The standard InChI is InChI=1S/C18H23F2N3O4/c1-18(2,3)27-17(26)23-8-6-22(7-9-23)15(24)11-21-16(25)13-5-4-12(19)10-14(13)20/h4-5,10H,6-9,11H2,1-3H3,(H,21,25). The lowest BCUT2D eigenvalue weighted by Gasteiger charge is -2.35. The minimum Gasteiger partial charge on any atom is -0.444 e. The average Bonchev–Trinajstić information content (AvgIpc) is 2.58. The van der Waals surface area contributed by atoms with Gasteiger partial charge in [-0.05, 0) is 32.9 Å². The zero-order valence-corrected chi connectivity index (χ0v) is 15.6. The third-order valence-electron chi connectivity index (χ3n) is 3.86. The summed E-state index contributed by atoms with van der Waals surface area (Å²) in [5.74, 6) is -2.93. The van der Waals surface area contributed by atoms with Crippen molar-refractivity contribution in [3.63, 3.8) is 0 Å². The van der Waals surface area contributed by atoms with E-state index in [1.54, 1.807) is 20.8 Å². The number of hydrogen-bond acceptors (Lipinski definition) is 4. The molecular formula is C18H23F2N3O4. The Morgan fingerprint density at radius 1 is 1.07 bits per heavy atom. The summed E-state index contributed by atoms with van der Waals surface area (Å²) < 4.78 is 31.7. The number of nitrogens with one attached hydrogen (secondary N) is 1. The van der Waals surface area contributed by atoms with Crippen molar-refractivity contribution in [2.45, 2.75) is 26.4 Å². The predicted molar refractivity (Wildman–Crippen MR) is 93.1 cm³/mol. The third-order valence-corrected chi connectivity index (χ3v) is 3.86. The summed E-state index contributed by atoms with van der Waals surface area (Å²) in [7, 11) is 0. The summed E-state index contributed by atoms with van der Waals surface area (Å²) in [6.45, 7) is 6.26. The highest BCUT2D eigenvalue weighted by Gasteiger charge is 2.27. The van der Waals surface area contributed by atoms with Gasteiger partial charge in [0.15, 0.2) is 0 Å². The first-order valence-corrected chi connectivity index (χ1v) is 8.56. The van der Waals surface area contributed by atoms with E-state index >= 15 is 0 Å².